The third-order valence-electron chi connectivity index (χ3n) is 2.89. The topological polar surface area (TPSA) is 66.8 Å². The molecule has 0 aromatic heterocycles. The van der Waals surface area contributed by atoms with Gasteiger partial charge >= 0.3 is 5.97 Å². The van der Waals surface area contributed by atoms with Crippen molar-refractivity contribution in [3.05, 3.63) is 11.6 Å². The zero-order valence-corrected chi connectivity index (χ0v) is 11.0. The summed E-state index contributed by atoms with van der Waals surface area (Å²) >= 11 is 0. The van der Waals surface area contributed by atoms with Gasteiger partial charge in [-0.05, 0) is 26.7 Å². The summed E-state index contributed by atoms with van der Waals surface area (Å²) in [4.78, 5) is 24.4. The first kappa shape index (κ1) is 14.7. The lowest BCUT2D eigenvalue weighted by Gasteiger charge is -2.33. The van der Waals surface area contributed by atoms with Crippen molar-refractivity contribution < 1.29 is 19.4 Å². The van der Waals surface area contributed by atoms with Gasteiger partial charge in [0.15, 0.2) is 0 Å². The van der Waals surface area contributed by atoms with Crippen LogP contribution in [0, 0.1) is 0 Å². The number of amides is 1. The summed E-state index contributed by atoms with van der Waals surface area (Å²) in [5.41, 5.74) is 0.924. The van der Waals surface area contributed by atoms with Gasteiger partial charge in [0.1, 0.15) is 0 Å². The summed E-state index contributed by atoms with van der Waals surface area (Å²) < 4.78 is 5.27. The van der Waals surface area contributed by atoms with Gasteiger partial charge in [-0.25, -0.2) is 0 Å². The Hall–Kier alpha value is -1.36. The molecule has 18 heavy (non-hydrogen) atoms. The zero-order valence-electron chi connectivity index (χ0n) is 11.0. The fourth-order valence-corrected chi connectivity index (χ4v) is 2.02. The molecule has 0 spiro atoms. The lowest BCUT2D eigenvalue weighted by atomic mass is 10.1. The van der Waals surface area contributed by atoms with E-state index in [0.29, 0.717) is 13.2 Å². The van der Waals surface area contributed by atoms with Crippen LogP contribution < -0.4 is 0 Å². The molecule has 0 aliphatic carbocycles. The van der Waals surface area contributed by atoms with Gasteiger partial charge in [0, 0.05) is 31.9 Å². The molecule has 1 saturated heterocycles. The molecular weight excluding hydrogens is 234 g/mol. The summed E-state index contributed by atoms with van der Waals surface area (Å²) in [5, 5.41) is 8.75. The first-order valence-electron chi connectivity index (χ1n) is 6.25. The van der Waals surface area contributed by atoms with E-state index in [4.69, 9.17) is 9.84 Å². The minimum absolute atomic E-state index is 0.0142. The SMILES string of the molecule is CC(C)=CC(=O)N(CCC(=O)O)C1CCOCC1. The number of hydrogen-bond acceptors (Lipinski definition) is 3. The molecule has 0 radical (unpaired) electrons. The Labute approximate surface area is 107 Å². The van der Waals surface area contributed by atoms with E-state index in [1.807, 2.05) is 13.8 Å². The molecule has 5 nitrogen and oxygen atoms in total. The predicted octanol–water partition coefficient (Wildman–Crippen LogP) is 1.43. The van der Waals surface area contributed by atoms with Crippen molar-refractivity contribution in [2.24, 2.45) is 0 Å². The van der Waals surface area contributed by atoms with E-state index in [0.717, 1.165) is 18.4 Å². The zero-order chi connectivity index (χ0) is 13.5. The van der Waals surface area contributed by atoms with Crippen molar-refractivity contribution >= 4 is 11.9 Å². The van der Waals surface area contributed by atoms with Crippen LogP contribution in [0.2, 0.25) is 0 Å². The van der Waals surface area contributed by atoms with Crippen LogP contribution in [-0.4, -0.2) is 47.7 Å². The molecule has 1 N–H and O–H groups in total. The van der Waals surface area contributed by atoms with Crippen LogP contribution in [0.5, 0.6) is 0 Å². The number of aliphatic carboxylic acids is 1. The second-order valence-electron chi connectivity index (χ2n) is 4.74. The normalized spacial score (nSPS) is 16.1. The molecule has 0 saturated carbocycles. The molecule has 1 aliphatic rings. The highest BCUT2D eigenvalue weighted by atomic mass is 16.5. The Morgan fingerprint density at radius 3 is 2.44 bits per heavy atom. The molecule has 1 fully saturated rings. The number of ether oxygens (including phenoxy) is 1. The molecule has 0 aromatic carbocycles. The maximum Gasteiger partial charge on any atom is 0.305 e. The number of nitrogens with zero attached hydrogens (tertiary/aromatic N) is 1. The first-order chi connectivity index (χ1) is 8.50. The number of hydrogen-bond donors (Lipinski definition) is 1. The molecule has 0 atom stereocenters. The molecule has 1 aliphatic heterocycles. The van der Waals surface area contributed by atoms with Crippen LogP contribution in [-0.2, 0) is 14.3 Å². The molecular formula is C13H21NO4. The van der Waals surface area contributed by atoms with Crippen LogP contribution in [0.4, 0.5) is 0 Å². The maximum absolute atomic E-state index is 12.1. The Bertz CT molecular complexity index is 328. The summed E-state index contributed by atoms with van der Waals surface area (Å²) in [6, 6.07) is 0.0983. The highest BCUT2D eigenvalue weighted by Gasteiger charge is 2.24. The summed E-state index contributed by atoms with van der Waals surface area (Å²) in [5.74, 6) is -0.972. The van der Waals surface area contributed by atoms with Crippen LogP contribution in [0.3, 0.4) is 0 Å². The minimum Gasteiger partial charge on any atom is -0.481 e. The van der Waals surface area contributed by atoms with Gasteiger partial charge in [-0.15, -0.1) is 0 Å². The maximum atomic E-state index is 12.1. The van der Waals surface area contributed by atoms with Crippen LogP contribution in [0.15, 0.2) is 11.6 Å². The third-order valence-corrected chi connectivity index (χ3v) is 2.89. The van der Waals surface area contributed by atoms with Gasteiger partial charge in [0.05, 0.1) is 6.42 Å². The largest absolute Gasteiger partial charge is 0.481 e. The number of rotatable bonds is 5. The van der Waals surface area contributed by atoms with Crippen molar-refractivity contribution in [1.29, 1.82) is 0 Å². The summed E-state index contributed by atoms with van der Waals surface area (Å²) in [6.07, 6.45) is 3.11. The van der Waals surface area contributed by atoms with Gasteiger partial charge in [-0.1, -0.05) is 5.57 Å². The Balaban J connectivity index is 2.69. The monoisotopic (exact) mass is 255 g/mol. The Morgan fingerprint density at radius 1 is 1.33 bits per heavy atom. The predicted molar refractivity (Wildman–Crippen MR) is 67.2 cm³/mol. The van der Waals surface area contributed by atoms with Crippen LogP contribution >= 0.6 is 0 Å². The van der Waals surface area contributed by atoms with E-state index >= 15 is 0 Å². The molecule has 1 heterocycles. The number of carboxylic acids is 1. The fourth-order valence-electron chi connectivity index (χ4n) is 2.02. The van der Waals surface area contributed by atoms with Crippen LogP contribution in [0.25, 0.3) is 0 Å². The molecule has 0 aromatic rings. The first-order valence-corrected chi connectivity index (χ1v) is 6.25. The van der Waals surface area contributed by atoms with E-state index in [9.17, 15) is 9.59 Å². The average molecular weight is 255 g/mol. The second-order valence-corrected chi connectivity index (χ2v) is 4.74. The van der Waals surface area contributed by atoms with E-state index in [1.165, 1.54) is 0 Å². The number of carbonyl (C=O) groups excluding carboxylic acids is 1. The molecule has 102 valence electrons. The molecule has 0 bridgehead atoms. The Morgan fingerprint density at radius 2 is 1.94 bits per heavy atom. The van der Waals surface area contributed by atoms with Gasteiger partial charge < -0.3 is 14.7 Å². The van der Waals surface area contributed by atoms with Crippen molar-refractivity contribution in [2.45, 2.75) is 39.2 Å². The fraction of sp³-hybridized carbons (Fsp3) is 0.692. The smallest absolute Gasteiger partial charge is 0.305 e. The van der Waals surface area contributed by atoms with E-state index in [-0.39, 0.29) is 24.9 Å². The highest BCUT2D eigenvalue weighted by molar-refractivity contribution is 5.88. The third kappa shape index (κ3) is 4.87. The molecule has 5 heteroatoms. The van der Waals surface area contributed by atoms with Crippen LogP contribution in [0.1, 0.15) is 33.1 Å². The van der Waals surface area contributed by atoms with Gasteiger partial charge in [-0.3, -0.25) is 9.59 Å². The van der Waals surface area contributed by atoms with E-state index in [1.54, 1.807) is 11.0 Å². The average Bonchev–Trinajstić information content (AvgIpc) is 2.29. The van der Waals surface area contributed by atoms with Gasteiger partial charge in [-0.2, -0.15) is 0 Å². The molecule has 1 rings (SSSR count). The standard InChI is InChI=1S/C13H21NO4/c1-10(2)9-12(15)14(6-3-13(16)17)11-4-7-18-8-5-11/h9,11H,3-8H2,1-2H3,(H,16,17). The molecule has 0 unspecified atom stereocenters. The highest BCUT2D eigenvalue weighted by Crippen LogP contribution is 2.16. The number of carboxylic acid groups (broad SMARTS) is 1. The van der Waals surface area contributed by atoms with Crippen molar-refractivity contribution in [3.8, 4) is 0 Å². The lowest BCUT2D eigenvalue weighted by molar-refractivity contribution is -0.138. The van der Waals surface area contributed by atoms with Crippen molar-refractivity contribution in [1.82, 2.24) is 4.90 Å². The quantitative estimate of drug-likeness (QED) is 0.755. The number of carbonyl (C=O) groups is 2. The summed E-state index contributed by atoms with van der Waals surface area (Å²) in [6.45, 7) is 5.25. The van der Waals surface area contributed by atoms with Crippen molar-refractivity contribution in [2.75, 3.05) is 19.8 Å². The Kier molecular flexibility index (Phi) is 5.85. The van der Waals surface area contributed by atoms with E-state index in [2.05, 4.69) is 0 Å². The lowest BCUT2D eigenvalue weighted by Crippen LogP contribution is -2.43. The van der Waals surface area contributed by atoms with E-state index < -0.39 is 5.97 Å². The van der Waals surface area contributed by atoms with Crippen molar-refractivity contribution in [3.63, 3.8) is 0 Å². The van der Waals surface area contributed by atoms with Gasteiger partial charge in [0.2, 0.25) is 5.91 Å². The summed E-state index contributed by atoms with van der Waals surface area (Å²) in [7, 11) is 0. The van der Waals surface area contributed by atoms with Gasteiger partial charge in [0.25, 0.3) is 0 Å². The molecule has 1 amide bonds. The minimum atomic E-state index is -0.878. The number of allylic oxidation sites excluding steroid dienone is 1. The second kappa shape index (κ2) is 7.16.